The summed E-state index contributed by atoms with van der Waals surface area (Å²) in [5.74, 6) is 0.532. The quantitative estimate of drug-likeness (QED) is 0.902. The van der Waals surface area contributed by atoms with Gasteiger partial charge in [0.2, 0.25) is 5.91 Å². The highest BCUT2D eigenvalue weighted by Crippen LogP contribution is 2.45. The van der Waals surface area contributed by atoms with Crippen LogP contribution in [-0.4, -0.2) is 34.6 Å². The standard InChI is InChI=1S/C18H24ClNO2/c19-16-8-6-14(7-9-16)3-1-5-17(21)20-12-2-4-15(13-20)18(22)10-11-18/h6-9,15,22H,1-5,10-13H2. The van der Waals surface area contributed by atoms with E-state index >= 15 is 0 Å². The summed E-state index contributed by atoms with van der Waals surface area (Å²) in [6.07, 6.45) is 6.28. The van der Waals surface area contributed by atoms with Crippen LogP contribution in [0.15, 0.2) is 24.3 Å². The number of benzene rings is 1. The molecule has 1 saturated carbocycles. The van der Waals surface area contributed by atoms with Gasteiger partial charge < -0.3 is 10.0 Å². The maximum Gasteiger partial charge on any atom is 0.222 e. The molecule has 1 unspecified atom stereocenters. The monoisotopic (exact) mass is 321 g/mol. The molecule has 1 N–H and O–H groups in total. The van der Waals surface area contributed by atoms with Gasteiger partial charge in [-0.2, -0.15) is 0 Å². The smallest absolute Gasteiger partial charge is 0.222 e. The number of aliphatic hydroxyl groups is 1. The molecule has 1 aromatic carbocycles. The molecular weight excluding hydrogens is 298 g/mol. The molecule has 1 amide bonds. The first-order chi connectivity index (χ1) is 10.6. The largest absolute Gasteiger partial charge is 0.390 e. The van der Waals surface area contributed by atoms with Crippen LogP contribution in [0.1, 0.15) is 44.1 Å². The molecule has 1 atom stereocenters. The lowest BCUT2D eigenvalue weighted by molar-refractivity contribution is -0.134. The number of halogens is 1. The molecule has 1 aliphatic heterocycles. The third-order valence-corrected chi connectivity index (χ3v) is 5.32. The minimum Gasteiger partial charge on any atom is -0.390 e. The number of carbonyl (C=O) groups is 1. The predicted molar refractivity (Wildman–Crippen MR) is 87.9 cm³/mol. The zero-order chi connectivity index (χ0) is 15.6. The van der Waals surface area contributed by atoms with Crippen molar-refractivity contribution in [1.82, 2.24) is 4.90 Å². The first kappa shape index (κ1) is 15.8. The zero-order valence-electron chi connectivity index (χ0n) is 12.9. The van der Waals surface area contributed by atoms with Crippen LogP contribution >= 0.6 is 11.6 Å². The number of hydrogen-bond acceptors (Lipinski definition) is 2. The fourth-order valence-electron chi connectivity index (χ4n) is 3.43. The Hall–Kier alpha value is -1.06. The number of carbonyl (C=O) groups excluding carboxylic acids is 1. The average molecular weight is 322 g/mol. The van der Waals surface area contributed by atoms with Crippen molar-refractivity contribution in [2.24, 2.45) is 5.92 Å². The molecule has 120 valence electrons. The van der Waals surface area contributed by atoms with Gasteiger partial charge in [-0.3, -0.25) is 4.79 Å². The number of likely N-dealkylation sites (tertiary alicyclic amines) is 1. The lowest BCUT2D eigenvalue weighted by Crippen LogP contribution is -2.44. The first-order valence-electron chi connectivity index (χ1n) is 8.31. The maximum absolute atomic E-state index is 12.4. The van der Waals surface area contributed by atoms with E-state index in [-0.39, 0.29) is 5.91 Å². The van der Waals surface area contributed by atoms with E-state index in [1.807, 2.05) is 29.2 Å². The molecule has 0 radical (unpaired) electrons. The number of aryl methyl sites for hydroxylation is 1. The van der Waals surface area contributed by atoms with Gasteiger partial charge in [0.05, 0.1) is 5.60 Å². The van der Waals surface area contributed by atoms with E-state index in [0.29, 0.717) is 12.3 Å². The van der Waals surface area contributed by atoms with Gasteiger partial charge in [0.15, 0.2) is 0 Å². The molecule has 1 aliphatic carbocycles. The highest BCUT2D eigenvalue weighted by atomic mass is 35.5. The number of amides is 1. The fourth-order valence-corrected chi connectivity index (χ4v) is 3.56. The number of hydrogen-bond donors (Lipinski definition) is 1. The Kier molecular flexibility index (Phi) is 4.74. The van der Waals surface area contributed by atoms with Gasteiger partial charge in [-0.25, -0.2) is 0 Å². The molecule has 0 bridgehead atoms. The van der Waals surface area contributed by atoms with Crippen LogP contribution < -0.4 is 0 Å². The van der Waals surface area contributed by atoms with Crippen LogP contribution in [0.2, 0.25) is 5.02 Å². The van der Waals surface area contributed by atoms with Crippen molar-refractivity contribution in [3.63, 3.8) is 0 Å². The van der Waals surface area contributed by atoms with E-state index < -0.39 is 5.60 Å². The predicted octanol–water partition coefficient (Wildman–Crippen LogP) is 3.43. The lowest BCUT2D eigenvalue weighted by atomic mass is 9.90. The van der Waals surface area contributed by atoms with Gasteiger partial charge in [-0.05, 0) is 56.2 Å². The van der Waals surface area contributed by atoms with Crippen molar-refractivity contribution < 1.29 is 9.90 Å². The van der Waals surface area contributed by atoms with E-state index in [0.717, 1.165) is 56.6 Å². The van der Waals surface area contributed by atoms with Crippen molar-refractivity contribution in [3.05, 3.63) is 34.9 Å². The van der Waals surface area contributed by atoms with E-state index in [1.54, 1.807) is 0 Å². The van der Waals surface area contributed by atoms with Crippen molar-refractivity contribution in [3.8, 4) is 0 Å². The molecule has 1 aromatic rings. The molecule has 1 saturated heterocycles. The Morgan fingerprint density at radius 3 is 2.73 bits per heavy atom. The Morgan fingerprint density at radius 2 is 2.05 bits per heavy atom. The second kappa shape index (κ2) is 6.59. The van der Waals surface area contributed by atoms with Gasteiger partial charge in [0.25, 0.3) is 0 Å². The SMILES string of the molecule is O=C(CCCc1ccc(Cl)cc1)N1CCCC(C2(O)CC2)C1. The second-order valence-corrected chi connectivity index (χ2v) is 7.20. The van der Waals surface area contributed by atoms with Crippen molar-refractivity contribution in [2.75, 3.05) is 13.1 Å². The van der Waals surface area contributed by atoms with Gasteiger partial charge in [0.1, 0.15) is 0 Å². The normalized spacial score (nSPS) is 23.4. The topological polar surface area (TPSA) is 40.5 Å². The summed E-state index contributed by atoms with van der Waals surface area (Å²) in [5, 5.41) is 11.0. The van der Waals surface area contributed by atoms with Gasteiger partial charge >= 0.3 is 0 Å². The van der Waals surface area contributed by atoms with Gasteiger partial charge in [0, 0.05) is 30.5 Å². The molecular formula is C18H24ClNO2. The molecule has 0 aromatic heterocycles. The molecule has 22 heavy (non-hydrogen) atoms. The maximum atomic E-state index is 12.4. The fraction of sp³-hybridized carbons (Fsp3) is 0.611. The van der Waals surface area contributed by atoms with Gasteiger partial charge in [-0.1, -0.05) is 23.7 Å². The molecule has 3 nitrogen and oxygen atoms in total. The highest BCUT2D eigenvalue weighted by molar-refractivity contribution is 6.30. The van der Waals surface area contributed by atoms with Crippen molar-refractivity contribution in [2.45, 2.75) is 50.5 Å². The zero-order valence-corrected chi connectivity index (χ0v) is 13.7. The van der Waals surface area contributed by atoms with E-state index in [4.69, 9.17) is 11.6 Å². The van der Waals surface area contributed by atoms with Crippen LogP contribution in [0.4, 0.5) is 0 Å². The Labute approximate surface area is 137 Å². The molecule has 2 aliphatic rings. The summed E-state index contributed by atoms with van der Waals surface area (Å²) in [6.45, 7) is 1.60. The van der Waals surface area contributed by atoms with Crippen molar-refractivity contribution in [1.29, 1.82) is 0 Å². The molecule has 1 heterocycles. The molecule has 0 spiro atoms. The summed E-state index contributed by atoms with van der Waals surface area (Å²) >= 11 is 5.87. The summed E-state index contributed by atoms with van der Waals surface area (Å²) in [4.78, 5) is 14.3. The second-order valence-electron chi connectivity index (χ2n) is 6.76. The van der Waals surface area contributed by atoms with Crippen LogP contribution in [0.3, 0.4) is 0 Å². The Morgan fingerprint density at radius 1 is 1.32 bits per heavy atom. The molecule has 3 rings (SSSR count). The Balaban J connectivity index is 1.44. The van der Waals surface area contributed by atoms with E-state index in [1.165, 1.54) is 5.56 Å². The van der Waals surface area contributed by atoms with Crippen LogP contribution in [0.5, 0.6) is 0 Å². The summed E-state index contributed by atoms with van der Waals surface area (Å²) in [5.41, 5.74) is 0.767. The molecule has 2 fully saturated rings. The van der Waals surface area contributed by atoms with Gasteiger partial charge in [-0.15, -0.1) is 0 Å². The number of piperidine rings is 1. The highest BCUT2D eigenvalue weighted by Gasteiger charge is 2.48. The van der Waals surface area contributed by atoms with Crippen molar-refractivity contribution >= 4 is 17.5 Å². The average Bonchev–Trinajstić information content (AvgIpc) is 3.28. The first-order valence-corrected chi connectivity index (χ1v) is 8.69. The third-order valence-electron chi connectivity index (χ3n) is 5.07. The number of nitrogens with zero attached hydrogens (tertiary/aromatic N) is 1. The van der Waals surface area contributed by atoms with Crippen LogP contribution in [-0.2, 0) is 11.2 Å². The Bertz CT molecular complexity index is 524. The molecule has 4 heteroatoms. The van der Waals surface area contributed by atoms with Crippen LogP contribution in [0.25, 0.3) is 0 Å². The van der Waals surface area contributed by atoms with E-state index in [9.17, 15) is 9.90 Å². The summed E-state index contributed by atoms with van der Waals surface area (Å²) < 4.78 is 0. The third kappa shape index (κ3) is 3.82. The lowest BCUT2D eigenvalue weighted by Gasteiger charge is -2.35. The minimum atomic E-state index is -0.456. The summed E-state index contributed by atoms with van der Waals surface area (Å²) in [6, 6.07) is 7.83. The van der Waals surface area contributed by atoms with E-state index in [2.05, 4.69) is 0 Å². The number of rotatable bonds is 5. The minimum absolute atomic E-state index is 0.239. The van der Waals surface area contributed by atoms with Crippen LogP contribution in [0, 0.1) is 5.92 Å². The summed E-state index contributed by atoms with van der Waals surface area (Å²) in [7, 11) is 0.